The van der Waals surface area contributed by atoms with Gasteiger partial charge in [-0.25, -0.2) is 0 Å². The van der Waals surface area contributed by atoms with E-state index in [4.69, 9.17) is 0 Å². The molecular weight excluding hydrogens is 284 g/mol. The van der Waals surface area contributed by atoms with Crippen molar-refractivity contribution in [1.29, 1.82) is 0 Å². The lowest BCUT2D eigenvalue weighted by Crippen LogP contribution is -2.54. The molecule has 0 radical (unpaired) electrons. The molecule has 0 spiro atoms. The summed E-state index contributed by atoms with van der Waals surface area (Å²) in [6.45, 7) is 5.80. The van der Waals surface area contributed by atoms with Gasteiger partial charge in [-0.15, -0.1) is 12.4 Å². The van der Waals surface area contributed by atoms with Crippen LogP contribution in [0.25, 0.3) is 0 Å². The quantitative estimate of drug-likeness (QED) is 0.798. The van der Waals surface area contributed by atoms with E-state index < -0.39 is 0 Å². The van der Waals surface area contributed by atoms with Crippen LogP contribution in [0.5, 0.6) is 0 Å². The van der Waals surface area contributed by atoms with Crippen LogP contribution in [0.1, 0.15) is 43.4 Å². The minimum Gasteiger partial charge on any atom is -0.333 e. The van der Waals surface area contributed by atoms with Crippen LogP contribution in [0.2, 0.25) is 0 Å². The predicted molar refractivity (Wildman–Crippen MR) is 87.8 cm³/mol. The first-order valence-electron chi connectivity index (χ1n) is 7.89. The van der Waals surface area contributed by atoms with Gasteiger partial charge < -0.3 is 4.90 Å². The Morgan fingerprint density at radius 2 is 2.05 bits per heavy atom. The average molecular weight is 309 g/mol. The minimum absolute atomic E-state index is 0. The molecule has 3 nitrogen and oxygen atoms in total. The maximum absolute atomic E-state index is 12.4. The van der Waals surface area contributed by atoms with Crippen LogP contribution in [-0.2, 0) is 11.2 Å². The molecule has 1 atom stereocenters. The van der Waals surface area contributed by atoms with Gasteiger partial charge in [-0.2, -0.15) is 0 Å². The molecule has 1 amide bonds. The second kappa shape index (κ2) is 7.28. The highest BCUT2D eigenvalue weighted by Crippen LogP contribution is 2.32. The fraction of sp³-hybridized carbons (Fsp3) is 0.588. The Bertz CT molecular complexity index is 491. The summed E-state index contributed by atoms with van der Waals surface area (Å²) in [6.07, 6.45) is 4.71. The standard InChI is InChI=1S/C17H24N2O.ClH/c1-2-3-6-10-18-12-16-15-8-5-4-7-14(15)9-11-19(16)17(20)13-18;/h4-5,7-8,16H,2-3,6,9-13H2,1H3;1H. The Morgan fingerprint density at radius 3 is 2.86 bits per heavy atom. The van der Waals surface area contributed by atoms with Crippen molar-refractivity contribution in [3.8, 4) is 0 Å². The number of rotatable bonds is 4. The second-order valence-electron chi connectivity index (χ2n) is 5.99. The summed E-state index contributed by atoms with van der Waals surface area (Å²) in [5, 5.41) is 0. The topological polar surface area (TPSA) is 23.6 Å². The summed E-state index contributed by atoms with van der Waals surface area (Å²) >= 11 is 0. The van der Waals surface area contributed by atoms with E-state index >= 15 is 0 Å². The van der Waals surface area contributed by atoms with E-state index in [0.29, 0.717) is 12.5 Å². The van der Waals surface area contributed by atoms with Crippen LogP contribution in [0.15, 0.2) is 24.3 Å². The first kappa shape index (κ1) is 16.3. The lowest BCUT2D eigenvalue weighted by Gasteiger charge is -2.44. The monoisotopic (exact) mass is 308 g/mol. The van der Waals surface area contributed by atoms with E-state index in [1.165, 1.54) is 30.4 Å². The summed E-state index contributed by atoms with van der Waals surface area (Å²) in [5.41, 5.74) is 2.80. The normalized spacial score (nSPS) is 21.5. The third-order valence-electron chi connectivity index (χ3n) is 4.60. The zero-order chi connectivity index (χ0) is 13.9. The van der Waals surface area contributed by atoms with Gasteiger partial charge in [-0.3, -0.25) is 9.69 Å². The Hall–Kier alpha value is -1.06. The first-order chi connectivity index (χ1) is 9.79. The molecule has 2 aliphatic rings. The number of hydrogen-bond donors (Lipinski definition) is 0. The largest absolute Gasteiger partial charge is 0.333 e. The fourth-order valence-electron chi connectivity index (χ4n) is 3.49. The molecule has 2 heterocycles. The van der Waals surface area contributed by atoms with Crippen molar-refractivity contribution >= 4 is 18.3 Å². The molecule has 0 aliphatic carbocycles. The molecule has 116 valence electrons. The van der Waals surface area contributed by atoms with Crippen molar-refractivity contribution in [2.45, 2.75) is 38.6 Å². The molecule has 1 aromatic carbocycles. The number of benzene rings is 1. The Balaban J connectivity index is 0.00000161. The van der Waals surface area contributed by atoms with E-state index in [-0.39, 0.29) is 18.4 Å². The number of piperazine rings is 1. The Labute approximate surface area is 133 Å². The Morgan fingerprint density at radius 1 is 1.24 bits per heavy atom. The SMILES string of the molecule is CCCCCN1CC(=O)N2CCc3ccccc3C2C1.Cl. The smallest absolute Gasteiger partial charge is 0.237 e. The summed E-state index contributed by atoms with van der Waals surface area (Å²) in [5.74, 6) is 0.312. The molecule has 1 saturated heterocycles. The maximum Gasteiger partial charge on any atom is 0.237 e. The molecule has 1 unspecified atom stereocenters. The predicted octanol–water partition coefficient (Wildman–Crippen LogP) is 3.04. The molecule has 2 aliphatic heterocycles. The number of unbranched alkanes of at least 4 members (excludes halogenated alkanes) is 2. The molecule has 0 bridgehead atoms. The molecular formula is C17H25ClN2O. The Kier molecular flexibility index (Phi) is 5.65. The van der Waals surface area contributed by atoms with Gasteiger partial charge in [0.15, 0.2) is 0 Å². The molecule has 4 heteroatoms. The van der Waals surface area contributed by atoms with Gasteiger partial charge in [0, 0.05) is 13.1 Å². The summed E-state index contributed by atoms with van der Waals surface area (Å²) in [4.78, 5) is 16.8. The molecule has 0 saturated carbocycles. The third-order valence-corrected chi connectivity index (χ3v) is 4.60. The van der Waals surface area contributed by atoms with Crippen LogP contribution in [-0.4, -0.2) is 41.9 Å². The number of halogens is 1. The van der Waals surface area contributed by atoms with E-state index in [0.717, 1.165) is 26.1 Å². The minimum atomic E-state index is 0. The summed E-state index contributed by atoms with van der Waals surface area (Å²) in [7, 11) is 0. The molecule has 0 N–H and O–H groups in total. The van der Waals surface area contributed by atoms with Crippen molar-refractivity contribution in [3.63, 3.8) is 0 Å². The van der Waals surface area contributed by atoms with Crippen molar-refractivity contribution in [2.24, 2.45) is 0 Å². The van der Waals surface area contributed by atoms with Crippen LogP contribution >= 0.6 is 12.4 Å². The molecule has 3 rings (SSSR count). The van der Waals surface area contributed by atoms with Crippen LogP contribution in [0, 0.1) is 0 Å². The molecule has 21 heavy (non-hydrogen) atoms. The highest BCUT2D eigenvalue weighted by atomic mass is 35.5. The van der Waals surface area contributed by atoms with Crippen LogP contribution in [0.3, 0.4) is 0 Å². The van der Waals surface area contributed by atoms with E-state index in [9.17, 15) is 4.79 Å². The van der Waals surface area contributed by atoms with E-state index in [2.05, 4.69) is 41.0 Å². The highest BCUT2D eigenvalue weighted by molar-refractivity contribution is 5.85. The zero-order valence-electron chi connectivity index (χ0n) is 12.8. The number of carbonyl (C=O) groups excluding carboxylic acids is 1. The first-order valence-corrected chi connectivity index (χ1v) is 7.89. The molecule has 0 aromatic heterocycles. The van der Waals surface area contributed by atoms with Gasteiger partial charge in [0.25, 0.3) is 0 Å². The second-order valence-corrected chi connectivity index (χ2v) is 5.99. The highest BCUT2D eigenvalue weighted by Gasteiger charge is 2.36. The lowest BCUT2D eigenvalue weighted by molar-refractivity contribution is -0.140. The van der Waals surface area contributed by atoms with Crippen molar-refractivity contribution < 1.29 is 4.79 Å². The van der Waals surface area contributed by atoms with E-state index in [1.54, 1.807) is 0 Å². The van der Waals surface area contributed by atoms with Gasteiger partial charge >= 0.3 is 0 Å². The average Bonchev–Trinajstić information content (AvgIpc) is 2.47. The molecule has 1 fully saturated rings. The van der Waals surface area contributed by atoms with Crippen molar-refractivity contribution in [1.82, 2.24) is 9.80 Å². The number of hydrogen-bond acceptors (Lipinski definition) is 2. The maximum atomic E-state index is 12.4. The molecule has 1 aromatic rings. The lowest BCUT2D eigenvalue weighted by atomic mass is 9.90. The van der Waals surface area contributed by atoms with Gasteiger partial charge in [-0.1, -0.05) is 44.0 Å². The fourth-order valence-corrected chi connectivity index (χ4v) is 3.49. The van der Waals surface area contributed by atoms with E-state index in [1.807, 2.05) is 0 Å². The van der Waals surface area contributed by atoms with Gasteiger partial charge in [-0.05, 0) is 30.5 Å². The van der Waals surface area contributed by atoms with Gasteiger partial charge in [0.05, 0.1) is 12.6 Å². The van der Waals surface area contributed by atoms with Crippen LogP contribution in [0.4, 0.5) is 0 Å². The summed E-state index contributed by atoms with van der Waals surface area (Å²) in [6, 6.07) is 8.91. The third kappa shape index (κ3) is 3.41. The number of amides is 1. The van der Waals surface area contributed by atoms with Gasteiger partial charge in [0.1, 0.15) is 0 Å². The van der Waals surface area contributed by atoms with Crippen molar-refractivity contribution in [2.75, 3.05) is 26.2 Å². The zero-order valence-corrected chi connectivity index (χ0v) is 13.6. The number of nitrogens with zero attached hydrogens (tertiary/aromatic N) is 2. The van der Waals surface area contributed by atoms with Crippen LogP contribution < -0.4 is 0 Å². The van der Waals surface area contributed by atoms with Gasteiger partial charge in [0.2, 0.25) is 5.91 Å². The van der Waals surface area contributed by atoms with Crippen molar-refractivity contribution in [3.05, 3.63) is 35.4 Å². The summed E-state index contributed by atoms with van der Waals surface area (Å²) < 4.78 is 0. The number of carbonyl (C=O) groups is 1. The number of fused-ring (bicyclic) bond motifs is 3.